The van der Waals surface area contributed by atoms with E-state index in [9.17, 15) is 13.2 Å². The van der Waals surface area contributed by atoms with Crippen molar-refractivity contribution >= 4 is 34.0 Å². The number of sulfonamides is 1. The lowest BCUT2D eigenvalue weighted by molar-refractivity contribution is 0.0776. The molecule has 1 aliphatic rings. The van der Waals surface area contributed by atoms with Crippen molar-refractivity contribution in [1.82, 2.24) is 4.90 Å². The van der Waals surface area contributed by atoms with Crippen LogP contribution in [0.1, 0.15) is 23.7 Å². The Morgan fingerprint density at radius 3 is 2.46 bits per heavy atom. The third-order valence-corrected chi connectivity index (χ3v) is 6.98. The van der Waals surface area contributed by atoms with Crippen LogP contribution in [0.5, 0.6) is 0 Å². The first-order chi connectivity index (χ1) is 12.8. The Morgan fingerprint density at radius 1 is 1.18 bits per heavy atom. The summed E-state index contributed by atoms with van der Waals surface area (Å²) in [6.45, 7) is 3.81. The van der Waals surface area contributed by atoms with Crippen LogP contribution >= 0.6 is 12.4 Å². The van der Waals surface area contributed by atoms with Crippen LogP contribution in [-0.2, 0) is 10.0 Å². The van der Waals surface area contributed by atoms with Crippen molar-refractivity contribution in [3.63, 3.8) is 0 Å². The summed E-state index contributed by atoms with van der Waals surface area (Å²) >= 11 is 0. The van der Waals surface area contributed by atoms with Gasteiger partial charge in [-0.25, -0.2) is 8.42 Å². The Hall–Kier alpha value is -2.09. The number of likely N-dealkylation sites (tertiary alicyclic amines) is 1. The maximum absolute atomic E-state index is 13.0. The first-order valence-electron chi connectivity index (χ1n) is 8.90. The molecule has 2 N–H and O–H groups in total. The number of nitrogens with two attached hydrogens (primary N) is 1. The highest BCUT2D eigenvalue weighted by Gasteiger charge is 2.35. The molecule has 28 heavy (non-hydrogen) atoms. The number of benzene rings is 2. The van der Waals surface area contributed by atoms with Crippen molar-refractivity contribution in [2.45, 2.75) is 18.2 Å². The van der Waals surface area contributed by atoms with Gasteiger partial charge in [0.25, 0.3) is 15.9 Å². The Bertz CT molecular complexity index is 937. The number of hydrogen-bond acceptors (Lipinski definition) is 4. The Balaban J connectivity index is 0.00000280. The zero-order valence-corrected chi connectivity index (χ0v) is 17.7. The highest BCUT2D eigenvalue weighted by molar-refractivity contribution is 7.92. The van der Waals surface area contributed by atoms with Crippen LogP contribution in [0.4, 0.5) is 5.69 Å². The Labute approximate surface area is 172 Å². The van der Waals surface area contributed by atoms with Crippen LogP contribution in [0.3, 0.4) is 0 Å². The average Bonchev–Trinajstić information content (AvgIpc) is 3.10. The van der Waals surface area contributed by atoms with Crippen molar-refractivity contribution < 1.29 is 13.2 Å². The minimum atomic E-state index is -3.76. The molecule has 1 saturated heterocycles. The fourth-order valence-corrected chi connectivity index (χ4v) is 4.51. The fraction of sp³-hybridized carbons (Fsp3) is 0.350. The topological polar surface area (TPSA) is 83.7 Å². The second-order valence-electron chi connectivity index (χ2n) is 7.33. The molecule has 0 aromatic heterocycles. The number of rotatable bonds is 5. The second kappa shape index (κ2) is 8.51. The number of amides is 1. The zero-order valence-electron chi connectivity index (χ0n) is 16.0. The maximum Gasteiger partial charge on any atom is 0.264 e. The normalized spacial score (nSPS) is 19.2. The lowest BCUT2D eigenvalue weighted by atomic mass is 9.90. The second-order valence-corrected chi connectivity index (χ2v) is 9.30. The van der Waals surface area contributed by atoms with Crippen molar-refractivity contribution in [3.8, 4) is 0 Å². The van der Waals surface area contributed by atoms with E-state index in [1.54, 1.807) is 41.3 Å². The molecule has 8 heteroatoms. The Kier molecular flexibility index (Phi) is 6.75. The van der Waals surface area contributed by atoms with Gasteiger partial charge in [-0.1, -0.05) is 31.2 Å². The number of carbonyl (C=O) groups is 1. The third kappa shape index (κ3) is 4.32. The predicted molar refractivity (Wildman–Crippen MR) is 113 cm³/mol. The smallest absolute Gasteiger partial charge is 0.264 e. The number of para-hydroxylation sites is 1. The summed E-state index contributed by atoms with van der Waals surface area (Å²) in [5.41, 5.74) is 6.68. The molecule has 2 aromatic rings. The van der Waals surface area contributed by atoms with E-state index in [0.29, 0.717) is 30.9 Å². The molecule has 0 saturated carbocycles. The first kappa shape index (κ1) is 22.2. The standard InChI is InChI=1S/C20H25N3O3S.ClH/c1-20(14-21)11-12-23(15-20)19(24)16-7-6-10-18(13-16)27(25,26)22(2)17-8-4-3-5-9-17;/h3-10,13H,11-12,14-15,21H2,1-2H3;1H. The molecule has 6 nitrogen and oxygen atoms in total. The molecule has 3 rings (SSSR count). The molecule has 0 radical (unpaired) electrons. The maximum atomic E-state index is 13.0. The van der Waals surface area contributed by atoms with Crippen molar-refractivity contribution in [2.24, 2.45) is 11.1 Å². The van der Waals surface area contributed by atoms with Gasteiger partial charge in [-0.05, 0) is 48.7 Å². The molecule has 152 valence electrons. The molecule has 2 aromatic carbocycles. The Morgan fingerprint density at radius 2 is 1.86 bits per heavy atom. The molecule has 1 atom stereocenters. The molecular weight excluding hydrogens is 398 g/mol. The van der Waals surface area contributed by atoms with Crippen molar-refractivity contribution in [3.05, 3.63) is 60.2 Å². The monoisotopic (exact) mass is 423 g/mol. The quantitative estimate of drug-likeness (QED) is 0.801. The van der Waals surface area contributed by atoms with Crippen LogP contribution in [-0.4, -0.2) is 45.9 Å². The van der Waals surface area contributed by atoms with E-state index in [2.05, 4.69) is 6.92 Å². The van der Waals surface area contributed by atoms with Gasteiger partial charge in [0.05, 0.1) is 10.6 Å². The van der Waals surface area contributed by atoms with Crippen LogP contribution in [0.25, 0.3) is 0 Å². The highest BCUT2D eigenvalue weighted by Crippen LogP contribution is 2.30. The average molecular weight is 424 g/mol. The van der Waals surface area contributed by atoms with E-state index >= 15 is 0 Å². The van der Waals surface area contributed by atoms with E-state index in [-0.39, 0.29) is 28.6 Å². The van der Waals surface area contributed by atoms with Gasteiger partial charge in [0, 0.05) is 25.7 Å². The zero-order chi connectivity index (χ0) is 19.7. The van der Waals surface area contributed by atoms with Crippen molar-refractivity contribution in [1.29, 1.82) is 0 Å². The molecule has 0 bridgehead atoms. The number of hydrogen-bond donors (Lipinski definition) is 1. The molecule has 1 aliphatic heterocycles. The SMILES string of the molecule is CN(c1ccccc1)S(=O)(=O)c1cccc(C(=O)N2CCC(C)(CN)C2)c1.Cl. The number of halogens is 1. The van der Waals surface area contributed by atoms with Crippen LogP contribution in [0, 0.1) is 5.41 Å². The molecule has 0 aliphatic carbocycles. The van der Waals surface area contributed by atoms with E-state index in [4.69, 9.17) is 5.73 Å². The molecule has 1 fully saturated rings. The van der Waals surface area contributed by atoms with Gasteiger partial charge in [0.2, 0.25) is 0 Å². The van der Waals surface area contributed by atoms with Crippen LogP contribution in [0.2, 0.25) is 0 Å². The summed E-state index contributed by atoms with van der Waals surface area (Å²) in [4.78, 5) is 14.7. The van der Waals surface area contributed by atoms with E-state index in [1.807, 2.05) is 6.07 Å². The summed E-state index contributed by atoms with van der Waals surface area (Å²) in [6, 6.07) is 15.1. The lowest BCUT2D eigenvalue weighted by Gasteiger charge is -2.23. The number of nitrogens with zero attached hydrogens (tertiary/aromatic N) is 2. The van der Waals surface area contributed by atoms with Gasteiger partial charge in [-0.2, -0.15) is 0 Å². The highest BCUT2D eigenvalue weighted by atomic mass is 35.5. The predicted octanol–water partition coefficient (Wildman–Crippen LogP) is 2.74. The van der Waals surface area contributed by atoms with Gasteiger partial charge in [0.1, 0.15) is 0 Å². The van der Waals surface area contributed by atoms with E-state index in [0.717, 1.165) is 6.42 Å². The molecule has 1 heterocycles. The van der Waals surface area contributed by atoms with Gasteiger partial charge in [-0.3, -0.25) is 9.10 Å². The molecule has 1 unspecified atom stereocenters. The summed E-state index contributed by atoms with van der Waals surface area (Å²) in [7, 11) is -2.25. The number of anilines is 1. The molecular formula is C20H26ClN3O3S. The van der Waals surface area contributed by atoms with Gasteiger partial charge in [-0.15, -0.1) is 12.4 Å². The van der Waals surface area contributed by atoms with Gasteiger partial charge >= 0.3 is 0 Å². The largest absolute Gasteiger partial charge is 0.338 e. The summed E-state index contributed by atoms with van der Waals surface area (Å²) < 4.78 is 27.1. The van der Waals surface area contributed by atoms with Crippen LogP contribution in [0.15, 0.2) is 59.5 Å². The summed E-state index contributed by atoms with van der Waals surface area (Å²) in [5, 5.41) is 0. The fourth-order valence-electron chi connectivity index (χ4n) is 3.27. The minimum Gasteiger partial charge on any atom is -0.338 e. The van der Waals surface area contributed by atoms with E-state index < -0.39 is 10.0 Å². The minimum absolute atomic E-state index is 0. The molecule has 1 amide bonds. The third-order valence-electron chi connectivity index (χ3n) is 5.20. The van der Waals surface area contributed by atoms with Crippen LogP contribution < -0.4 is 10.0 Å². The summed E-state index contributed by atoms with van der Waals surface area (Å²) in [6.07, 6.45) is 0.851. The first-order valence-corrected chi connectivity index (χ1v) is 10.3. The van der Waals surface area contributed by atoms with Gasteiger partial charge in [0.15, 0.2) is 0 Å². The van der Waals surface area contributed by atoms with Gasteiger partial charge < -0.3 is 10.6 Å². The van der Waals surface area contributed by atoms with Crippen molar-refractivity contribution in [2.75, 3.05) is 31.0 Å². The summed E-state index contributed by atoms with van der Waals surface area (Å²) in [5.74, 6) is -0.161. The number of carbonyl (C=O) groups excluding carboxylic acids is 1. The molecule has 0 spiro atoms. The lowest BCUT2D eigenvalue weighted by Crippen LogP contribution is -2.34. The van der Waals surface area contributed by atoms with E-state index in [1.165, 1.54) is 23.5 Å².